The van der Waals surface area contributed by atoms with Crippen LogP contribution in [0.1, 0.15) is 26.7 Å². The summed E-state index contributed by atoms with van der Waals surface area (Å²) < 4.78 is 23.8. The monoisotopic (exact) mass is 178 g/mol. The van der Waals surface area contributed by atoms with E-state index in [1.54, 1.807) is 0 Å². The first-order valence-electron chi connectivity index (χ1n) is 3.72. The fraction of sp³-hybridized carbons (Fsp3) is 0.750. The third-order valence-corrected chi connectivity index (χ3v) is 1.43. The summed E-state index contributed by atoms with van der Waals surface area (Å²) in [6, 6.07) is 0. The highest BCUT2D eigenvalue weighted by Gasteiger charge is 2.18. The summed E-state index contributed by atoms with van der Waals surface area (Å²) in [6.07, 6.45) is -2.92. The average molecular weight is 178 g/mol. The van der Waals surface area contributed by atoms with Gasteiger partial charge in [-0.2, -0.15) is 0 Å². The largest absolute Gasteiger partial charge is 0.300 e. The highest BCUT2D eigenvalue weighted by Crippen LogP contribution is 2.13. The number of ketones is 2. The molecule has 12 heavy (non-hydrogen) atoms. The van der Waals surface area contributed by atoms with Crippen LogP contribution in [-0.2, 0) is 9.59 Å². The molecule has 4 heteroatoms. The lowest BCUT2D eigenvalue weighted by Gasteiger charge is -2.07. The van der Waals surface area contributed by atoms with Crippen LogP contribution in [0.15, 0.2) is 0 Å². The van der Waals surface area contributed by atoms with E-state index in [4.69, 9.17) is 0 Å². The molecule has 0 saturated carbocycles. The van der Waals surface area contributed by atoms with Crippen molar-refractivity contribution in [1.29, 1.82) is 0 Å². The standard InChI is InChI=1S/C8H12F2O2/c1-5(8(9)10)3-7(12)4-6(2)11/h5,8H,3-4H2,1-2H3. The van der Waals surface area contributed by atoms with Gasteiger partial charge in [0.1, 0.15) is 11.6 Å². The zero-order valence-electron chi connectivity index (χ0n) is 7.14. The smallest absolute Gasteiger partial charge is 0.241 e. The Labute approximate surface area is 69.9 Å². The number of halogens is 2. The summed E-state index contributed by atoms with van der Waals surface area (Å²) in [5, 5.41) is 0. The Bertz CT molecular complexity index is 178. The minimum Gasteiger partial charge on any atom is -0.300 e. The lowest BCUT2D eigenvalue weighted by molar-refractivity contribution is -0.127. The maximum Gasteiger partial charge on any atom is 0.241 e. The van der Waals surface area contributed by atoms with Crippen molar-refractivity contribution in [2.45, 2.75) is 33.1 Å². The summed E-state index contributed by atoms with van der Waals surface area (Å²) in [4.78, 5) is 21.2. The zero-order chi connectivity index (χ0) is 9.72. The fourth-order valence-corrected chi connectivity index (χ4v) is 0.798. The van der Waals surface area contributed by atoms with E-state index in [9.17, 15) is 18.4 Å². The first-order valence-corrected chi connectivity index (χ1v) is 3.72. The molecule has 0 N–H and O–H groups in total. The first kappa shape index (κ1) is 11.2. The lowest BCUT2D eigenvalue weighted by Crippen LogP contribution is -2.14. The Morgan fingerprint density at radius 3 is 2.17 bits per heavy atom. The van der Waals surface area contributed by atoms with Crippen LogP contribution in [0.2, 0.25) is 0 Å². The van der Waals surface area contributed by atoms with Gasteiger partial charge in [0, 0.05) is 12.3 Å². The number of carbonyl (C=O) groups is 2. The predicted octanol–water partition coefficient (Wildman–Crippen LogP) is 1.83. The van der Waals surface area contributed by atoms with Gasteiger partial charge in [-0.25, -0.2) is 8.78 Å². The van der Waals surface area contributed by atoms with E-state index in [1.807, 2.05) is 0 Å². The average Bonchev–Trinajstić information content (AvgIpc) is 1.84. The summed E-state index contributed by atoms with van der Waals surface area (Å²) in [5.74, 6) is -1.63. The van der Waals surface area contributed by atoms with Crippen molar-refractivity contribution in [2.24, 2.45) is 5.92 Å². The molecule has 2 nitrogen and oxygen atoms in total. The van der Waals surface area contributed by atoms with Gasteiger partial charge in [-0.1, -0.05) is 6.92 Å². The summed E-state index contributed by atoms with van der Waals surface area (Å²) in [6.45, 7) is 2.56. The number of hydrogen-bond donors (Lipinski definition) is 0. The lowest BCUT2D eigenvalue weighted by atomic mass is 10.0. The van der Waals surface area contributed by atoms with Crippen molar-refractivity contribution in [3.8, 4) is 0 Å². The van der Waals surface area contributed by atoms with E-state index >= 15 is 0 Å². The molecular weight excluding hydrogens is 166 g/mol. The molecular formula is C8H12F2O2. The van der Waals surface area contributed by atoms with Crippen LogP contribution in [-0.4, -0.2) is 18.0 Å². The van der Waals surface area contributed by atoms with Crippen molar-refractivity contribution in [3.63, 3.8) is 0 Å². The Kier molecular flexibility index (Phi) is 4.62. The third-order valence-electron chi connectivity index (χ3n) is 1.43. The van der Waals surface area contributed by atoms with Gasteiger partial charge >= 0.3 is 0 Å². The Morgan fingerprint density at radius 2 is 1.83 bits per heavy atom. The van der Waals surface area contributed by atoms with Gasteiger partial charge in [0.25, 0.3) is 0 Å². The topological polar surface area (TPSA) is 34.1 Å². The van der Waals surface area contributed by atoms with Crippen LogP contribution in [0.5, 0.6) is 0 Å². The normalized spacial score (nSPS) is 13.1. The molecule has 0 heterocycles. The highest BCUT2D eigenvalue weighted by atomic mass is 19.3. The van der Waals surface area contributed by atoms with Crippen molar-refractivity contribution < 1.29 is 18.4 Å². The second-order valence-corrected chi connectivity index (χ2v) is 2.93. The molecule has 70 valence electrons. The number of carbonyl (C=O) groups excluding carboxylic acids is 2. The molecule has 0 amide bonds. The molecule has 0 aliphatic carbocycles. The molecule has 1 unspecified atom stereocenters. The molecule has 0 rings (SSSR count). The molecule has 0 aromatic carbocycles. The maximum absolute atomic E-state index is 11.9. The second kappa shape index (κ2) is 4.95. The van der Waals surface area contributed by atoms with E-state index in [1.165, 1.54) is 13.8 Å². The van der Waals surface area contributed by atoms with E-state index in [0.29, 0.717) is 0 Å². The van der Waals surface area contributed by atoms with Crippen LogP contribution < -0.4 is 0 Å². The van der Waals surface area contributed by atoms with Crippen molar-refractivity contribution in [2.75, 3.05) is 0 Å². The second-order valence-electron chi connectivity index (χ2n) is 2.93. The Hall–Kier alpha value is -0.800. The van der Waals surface area contributed by atoms with Crippen molar-refractivity contribution in [3.05, 3.63) is 0 Å². The zero-order valence-corrected chi connectivity index (χ0v) is 7.14. The Balaban J connectivity index is 3.77. The van der Waals surface area contributed by atoms with E-state index in [2.05, 4.69) is 0 Å². The summed E-state index contributed by atoms with van der Waals surface area (Å²) in [5.41, 5.74) is 0. The van der Waals surface area contributed by atoms with Gasteiger partial charge in [-0.05, 0) is 6.92 Å². The SMILES string of the molecule is CC(=O)CC(=O)CC(C)C(F)F. The maximum atomic E-state index is 11.9. The highest BCUT2D eigenvalue weighted by molar-refractivity contribution is 5.97. The van der Waals surface area contributed by atoms with Gasteiger partial charge in [0.05, 0.1) is 6.42 Å². The Morgan fingerprint density at radius 1 is 1.33 bits per heavy atom. The number of rotatable bonds is 5. The van der Waals surface area contributed by atoms with Crippen LogP contribution in [0, 0.1) is 5.92 Å². The van der Waals surface area contributed by atoms with Crippen molar-refractivity contribution >= 4 is 11.6 Å². The van der Waals surface area contributed by atoms with Crippen LogP contribution in [0.25, 0.3) is 0 Å². The van der Waals surface area contributed by atoms with Gasteiger partial charge in [0.15, 0.2) is 0 Å². The number of Topliss-reactive ketones (excluding diaryl/α,β-unsaturated/α-hetero) is 2. The van der Waals surface area contributed by atoms with Gasteiger partial charge in [-0.15, -0.1) is 0 Å². The molecule has 1 atom stereocenters. The minimum absolute atomic E-state index is 0.211. The van der Waals surface area contributed by atoms with Crippen LogP contribution in [0.3, 0.4) is 0 Å². The number of alkyl halides is 2. The molecule has 0 saturated heterocycles. The number of hydrogen-bond acceptors (Lipinski definition) is 2. The molecule has 0 fully saturated rings. The minimum atomic E-state index is -2.49. The van der Waals surface area contributed by atoms with E-state index < -0.39 is 18.1 Å². The molecule has 0 aromatic rings. The van der Waals surface area contributed by atoms with Gasteiger partial charge in [0.2, 0.25) is 6.43 Å². The predicted molar refractivity (Wildman–Crippen MR) is 40.1 cm³/mol. The van der Waals surface area contributed by atoms with E-state index in [0.717, 1.165) is 0 Å². The quantitative estimate of drug-likeness (QED) is 0.602. The van der Waals surface area contributed by atoms with Gasteiger partial charge < -0.3 is 0 Å². The fourth-order valence-electron chi connectivity index (χ4n) is 0.798. The molecule has 0 aromatic heterocycles. The first-order chi connectivity index (χ1) is 5.43. The molecule has 0 aliphatic heterocycles. The van der Waals surface area contributed by atoms with Gasteiger partial charge in [-0.3, -0.25) is 9.59 Å². The molecule has 0 aliphatic rings. The van der Waals surface area contributed by atoms with Crippen molar-refractivity contribution in [1.82, 2.24) is 0 Å². The molecule has 0 spiro atoms. The molecule has 0 bridgehead atoms. The van der Waals surface area contributed by atoms with Crippen LogP contribution >= 0.6 is 0 Å². The van der Waals surface area contributed by atoms with Crippen LogP contribution in [0.4, 0.5) is 8.78 Å². The van der Waals surface area contributed by atoms with E-state index in [-0.39, 0.29) is 18.6 Å². The third kappa shape index (κ3) is 4.93. The summed E-state index contributed by atoms with van der Waals surface area (Å²) in [7, 11) is 0. The summed E-state index contributed by atoms with van der Waals surface area (Å²) >= 11 is 0. The molecule has 0 radical (unpaired) electrons.